The molecule has 0 saturated carbocycles. The predicted molar refractivity (Wildman–Crippen MR) is 82.9 cm³/mol. The van der Waals surface area contributed by atoms with Gasteiger partial charge in [0.05, 0.1) is 17.1 Å². The van der Waals surface area contributed by atoms with E-state index in [0.29, 0.717) is 13.0 Å². The third kappa shape index (κ3) is 4.04. The second kappa shape index (κ2) is 7.22. The molecule has 0 spiro atoms. The van der Waals surface area contributed by atoms with Crippen LogP contribution in [0.25, 0.3) is 11.0 Å². The zero-order chi connectivity index (χ0) is 15.2. The van der Waals surface area contributed by atoms with Crippen LogP contribution in [0.5, 0.6) is 0 Å². The number of hydrogen-bond donors (Lipinski definition) is 2. The van der Waals surface area contributed by atoms with E-state index in [4.69, 9.17) is 4.74 Å². The topological polar surface area (TPSA) is 67.0 Å². The monoisotopic (exact) mass is 289 g/mol. The van der Waals surface area contributed by atoms with Crippen molar-refractivity contribution in [3.05, 3.63) is 30.1 Å². The number of imidazole rings is 1. The number of carbonyl (C=O) groups is 1. The van der Waals surface area contributed by atoms with Gasteiger partial charge in [-0.15, -0.1) is 0 Å². The van der Waals surface area contributed by atoms with Gasteiger partial charge in [0.15, 0.2) is 0 Å². The Bertz CT molecular complexity index is 559. The Balaban J connectivity index is 2.09. The quantitative estimate of drug-likeness (QED) is 0.770. The predicted octanol–water partition coefficient (Wildman–Crippen LogP) is 2.80. The zero-order valence-electron chi connectivity index (χ0n) is 12.8. The Labute approximate surface area is 125 Å². The molecule has 1 aromatic heterocycles. The van der Waals surface area contributed by atoms with Crippen LogP contribution in [0.3, 0.4) is 0 Å². The van der Waals surface area contributed by atoms with Crippen molar-refractivity contribution in [1.82, 2.24) is 15.3 Å². The standard InChI is InChI=1S/C16H23N3O2/c1-11(2)15(19-14(20)9-6-10-21-3)16-17-12-7-4-5-8-13(12)18-16/h4-5,7-8,11,15H,6,9-10H2,1-3H3,(H,17,18)(H,19,20)/t15-/m0/s1. The van der Waals surface area contributed by atoms with E-state index in [1.165, 1.54) is 0 Å². The highest BCUT2D eigenvalue weighted by Gasteiger charge is 2.21. The summed E-state index contributed by atoms with van der Waals surface area (Å²) in [5, 5.41) is 3.06. The number of amides is 1. The van der Waals surface area contributed by atoms with E-state index in [-0.39, 0.29) is 17.9 Å². The third-order valence-corrected chi connectivity index (χ3v) is 3.44. The maximum absolute atomic E-state index is 12.0. The largest absolute Gasteiger partial charge is 0.385 e. The van der Waals surface area contributed by atoms with Crippen LogP contribution in [-0.4, -0.2) is 29.6 Å². The first-order valence-electron chi connectivity index (χ1n) is 7.34. The fourth-order valence-electron chi connectivity index (χ4n) is 2.29. The molecule has 0 unspecified atom stereocenters. The van der Waals surface area contributed by atoms with Crippen LogP contribution in [0.15, 0.2) is 24.3 Å². The summed E-state index contributed by atoms with van der Waals surface area (Å²) >= 11 is 0. The molecule has 5 nitrogen and oxygen atoms in total. The Kier molecular flexibility index (Phi) is 5.33. The van der Waals surface area contributed by atoms with Gasteiger partial charge in [-0.2, -0.15) is 0 Å². The molecule has 1 heterocycles. The summed E-state index contributed by atoms with van der Waals surface area (Å²) in [6, 6.07) is 7.78. The average Bonchev–Trinajstić information content (AvgIpc) is 2.88. The number of carbonyl (C=O) groups excluding carboxylic acids is 1. The van der Waals surface area contributed by atoms with Gasteiger partial charge in [-0.25, -0.2) is 4.98 Å². The van der Waals surface area contributed by atoms with Crippen molar-refractivity contribution in [2.45, 2.75) is 32.7 Å². The maximum Gasteiger partial charge on any atom is 0.220 e. The number of fused-ring (bicyclic) bond motifs is 1. The van der Waals surface area contributed by atoms with Gasteiger partial charge in [-0.05, 0) is 24.5 Å². The molecule has 0 aliphatic rings. The number of benzene rings is 1. The molecule has 2 aromatic rings. The van der Waals surface area contributed by atoms with Crippen LogP contribution in [-0.2, 0) is 9.53 Å². The van der Waals surface area contributed by atoms with Crippen molar-refractivity contribution in [1.29, 1.82) is 0 Å². The second-order valence-electron chi connectivity index (χ2n) is 5.52. The Morgan fingerprint density at radius 3 is 2.81 bits per heavy atom. The molecule has 0 radical (unpaired) electrons. The summed E-state index contributed by atoms with van der Waals surface area (Å²) in [5.74, 6) is 1.11. The molecule has 0 saturated heterocycles. The fraction of sp³-hybridized carbons (Fsp3) is 0.500. The number of ether oxygens (including phenoxy) is 1. The van der Waals surface area contributed by atoms with E-state index >= 15 is 0 Å². The molecular formula is C16H23N3O2. The third-order valence-electron chi connectivity index (χ3n) is 3.44. The van der Waals surface area contributed by atoms with Gasteiger partial charge >= 0.3 is 0 Å². The number of nitrogens with zero attached hydrogens (tertiary/aromatic N) is 1. The van der Waals surface area contributed by atoms with E-state index in [9.17, 15) is 4.79 Å². The summed E-state index contributed by atoms with van der Waals surface area (Å²) in [7, 11) is 1.64. The van der Waals surface area contributed by atoms with Crippen molar-refractivity contribution in [2.24, 2.45) is 5.92 Å². The van der Waals surface area contributed by atoms with Crippen LogP contribution in [0.1, 0.15) is 38.6 Å². The minimum absolute atomic E-state index is 0.0335. The number of methoxy groups -OCH3 is 1. The lowest BCUT2D eigenvalue weighted by Gasteiger charge is -2.20. The van der Waals surface area contributed by atoms with Crippen molar-refractivity contribution in [2.75, 3.05) is 13.7 Å². The first-order valence-corrected chi connectivity index (χ1v) is 7.34. The lowest BCUT2D eigenvalue weighted by molar-refractivity contribution is -0.122. The molecule has 2 rings (SSSR count). The summed E-state index contributed by atoms with van der Waals surface area (Å²) < 4.78 is 4.97. The van der Waals surface area contributed by atoms with Gasteiger partial charge in [0, 0.05) is 20.1 Å². The van der Waals surface area contributed by atoms with Gasteiger partial charge in [0.25, 0.3) is 0 Å². The number of nitrogens with one attached hydrogen (secondary N) is 2. The average molecular weight is 289 g/mol. The molecule has 21 heavy (non-hydrogen) atoms. The zero-order valence-corrected chi connectivity index (χ0v) is 12.8. The highest BCUT2D eigenvalue weighted by Crippen LogP contribution is 2.22. The lowest BCUT2D eigenvalue weighted by atomic mass is 10.0. The molecule has 2 N–H and O–H groups in total. The minimum atomic E-state index is -0.104. The first-order chi connectivity index (χ1) is 10.1. The molecule has 0 bridgehead atoms. The molecular weight excluding hydrogens is 266 g/mol. The SMILES string of the molecule is COCCCC(=O)N[C@H](c1nc2ccccc2[nH]1)C(C)C. The lowest BCUT2D eigenvalue weighted by Crippen LogP contribution is -2.32. The normalized spacial score (nSPS) is 12.8. The number of aromatic amines is 1. The molecule has 0 aliphatic heterocycles. The number of para-hydroxylation sites is 2. The molecule has 1 amide bonds. The van der Waals surface area contributed by atoms with Crippen molar-refractivity contribution in [3.63, 3.8) is 0 Å². The van der Waals surface area contributed by atoms with Gasteiger partial charge in [-0.3, -0.25) is 4.79 Å². The van der Waals surface area contributed by atoms with Crippen molar-refractivity contribution in [3.8, 4) is 0 Å². The summed E-state index contributed by atoms with van der Waals surface area (Å²) in [4.78, 5) is 19.9. The van der Waals surface area contributed by atoms with Crippen LogP contribution >= 0.6 is 0 Å². The second-order valence-corrected chi connectivity index (χ2v) is 5.52. The van der Waals surface area contributed by atoms with Gasteiger partial charge in [0.2, 0.25) is 5.91 Å². The molecule has 1 atom stereocenters. The summed E-state index contributed by atoms with van der Waals surface area (Å²) in [6.07, 6.45) is 1.20. The molecule has 0 aliphatic carbocycles. The van der Waals surface area contributed by atoms with Crippen molar-refractivity contribution >= 4 is 16.9 Å². The number of H-pyrrole nitrogens is 1. The minimum Gasteiger partial charge on any atom is -0.385 e. The van der Waals surface area contributed by atoms with Gasteiger partial charge < -0.3 is 15.0 Å². The van der Waals surface area contributed by atoms with E-state index in [0.717, 1.165) is 23.3 Å². The maximum atomic E-state index is 12.0. The smallest absolute Gasteiger partial charge is 0.220 e. The van der Waals surface area contributed by atoms with E-state index in [2.05, 4.69) is 29.1 Å². The molecule has 1 aromatic carbocycles. The van der Waals surface area contributed by atoms with E-state index < -0.39 is 0 Å². The first kappa shape index (κ1) is 15.5. The highest BCUT2D eigenvalue weighted by molar-refractivity contribution is 5.77. The Morgan fingerprint density at radius 2 is 2.14 bits per heavy atom. The van der Waals surface area contributed by atoms with Crippen LogP contribution in [0, 0.1) is 5.92 Å². The molecule has 0 fully saturated rings. The Hall–Kier alpha value is -1.88. The van der Waals surface area contributed by atoms with Gasteiger partial charge in [-0.1, -0.05) is 26.0 Å². The van der Waals surface area contributed by atoms with E-state index in [1.807, 2.05) is 24.3 Å². The summed E-state index contributed by atoms with van der Waals surface area (Å²) in [5.41, 5.74) is 1.92. The Morgan fingerprint density at radius 1 is 1.38 bits per heavy atom. The van der Waals surface area contributed by atoms with E-state index in [1.54, 1.807) is 7.11 Å². The van der Waals surface area contributed by atoms with Crippen LogP contribution in [0.2, 0.25) is 0 Å². The number of rotatable bonds is 7. The van der Waals surface area contributed by atoms with Crippen LogP contribution < -0.4 is 5.32 Å². The van der Waals surface area contributed by atoms with Crippen molar-refractivity contribution < 1.29 is 9.53 Å². The summed E-state index contributed by atoms with van der Waals surface area (Å²) in [6.45, 7) is 4.75. The van der Waals surface area contributed by atoms with Gasteiger partial charge in [0.1, 0.15) is 5.82 Å². The van der Waals surface area contributed by atoms with Crippen LogP contribution in [0.4, 0.5) is 0 Å². The number of aromatic nitrogens is 2. The fourth-order valence-corrected chi connectivity index (χ4v) is 2.29. The highest BCUT2D eigenvalue weighted by atomic mass is 16.5. The number of hydrogen-bond acceptors (Lipinski definition) is 3. The molecule has 5 heteroatoms. The molecule has 114 valence electrons.